The summed E-state index contributed by atoms with van der Waals surface area (Å²) in [6.45, 7) is 6.81. The van der Waals surface area contributed by atoms with Gasteiger partial charge in [0.25, 0.3) is 0 Å². The Labute approximate surface area is 226 Å². The second kappa shape index (κ2) is 12.1. The smallest absolute Gasteiger partial charge is 0.336 e. The topological polar surface area (TPSA) is 116 Å². The molecular weight excluding hydrogens is 557 g/mol. The minimum Gasteiger partial charge on any atom is -0.336 e. The van der Waals surface area contributed by atoms with E-state index in [1.807, 2.05) is 0 Å². The van der Waals surface area contributed by atoms with E-state index in [-0.39, 0.29) is 30.6 Å². The number of hydrogen-bond donors (Lipinski definition) is 2. The molecule has 3 rings (SSSR count). The maximum absolute atomic E-state index is 13.3. The first kappa shape index (κ1) is 30.6. The molecule has 1 atom stereocenters. The highest BCUT2D eigenvalue weighted by Gasteiger charge is 2.36. The Bertz CT molecular complexity index is 1380. The molecule has 14 heteroatoms. The molecule has 0 spiro atoms. The van der Waals surface area contributed by atoms with E-state index in [1.165, 1.54) is 45.6 Å². The van der Waals surface area contributed by atoms with Gasteiger partial charge < -0.3 is 5.32 Å². The zero-order valence-electron chi connectivity index (χ0n) is 21.5. The summed E-state index contributed by atoms with van der Waals surface area (Å²) >= 11 is 0. The summed E-state index contributed by atoms with van der Waals surface area (Å²) in [7, 11) is -7.69. The molecule has 0 saturated carbocycles. The van der Waals surface area contributed by atoms with Crippen LogP contribution in [0, 0.1) is 0 Å². The van der Waals surface area contributed by atoms with Crippen molar-refractivity contribution in [2.24, 2.45) is 0 Å². The monoisotopic (exact) mass is 588 g/mol. The molecule has 0 aliphatic carbocycles. The van der Waals surface area contributed by atoms with Crippen LogP contribution >= 0.6 is 0 Å². The third-order valence-electron chi connectivity index (χ3n) is 6.10. The van der Waals surface area contributed by atoms with E-state index >= 15 is 0 Å². The zero-order valence-corrected chi connectivity index (χ0v) is 23.1. The largest absolute Gasteiger partial charge is 0.416 e. The second-order valence-electron chi connectivity index (χ2n) is 9.35. The molecule has 1 fully saturated rings. The molecule has 9 nitrogen and oxygen atoms in total. The maximum atomic E-state index is 13.3. The maximum Gasteiger partial charge on any atom is 0.416 e. The van der Waals surface area contributed by atoms with Gasteiger partial charge in [-0.1, -0.05) is 18.7 Å². The van der Waals surface area contributed by atoms with Gasteiger partial charge >= 0.3 is 12.2 Å². The molecule has 214 valence electrons. The molecular formula is C25H31F3N4O5S2. The van der Waals surface area contributed by atoms with Crippen LogP contribution in [-0.2, 0) is 32.8 Å². The van der Waals surface area contributed by atoms with Gasteiger partial charge in [-0.3, -0.25) is 4.90 Å². The van der Waals surface area contributed by atoms with Crippen LogP contribution in [0.4, 0.5) is 23.7 Å². The normalized spacial score (nSPS) is 16.8. The number of benzene rings is 2. The van der Waals surface area contributed by atoms with Gasteiger partial charge in [-0.2, -0.15) is 17.5 Å². The van der Waals surface area contributed by atoms with Crippen molar-refractivity contribution < 1.29 is 34.8 Å². The fourth-order valence-corrected chi connectivity index (χ4v) is 6.36. The Balaban J connectivity index is 1.84. The van der Waals surface area contributed by atoms with Crippen molar-refractivity contribution in [1.29, 1.82) is 0 Å². The Hall–Kier alpha value is -2.94. The standard InChI is InChI=1S/C25H31F3N4O5S2/c1-4-38(34,35)29-16-22-6-5-15-32(22)39(36,37)23-13-11-21(12-14-23)31(24(33)30-18(2)3)17-19-7-9-20(10-8-19)25(26,27)28/h4,7-14,18,22,29H,1,5-6,15-17H2,2-3H3,(H,30,33)/t22-/m1/s1. The summed E-state index contributed by atoms with van der Waals surface area (Å²) in [5.41, 5.74) is -0.0271. The van der Waals surface area contributed by atoms with Crippen LogP contribution in [0.25, 0.3) is 0 Å². The van der Waals surface area contributed by atoms with Gasteiger partial charge in [0.2, 0.25) is 20.0 Å². The number of carbonyl (C=O) groups is 1. The molecule has 0 aromatic heterocycles. The van der Waals surface area contributed by atoms with Crippen LogP contribution in [0.5, 0.6) is 0 Å². The number of amides is 2. The number of nitrogens with one attached hydrogen (secondary N) is 2. The van der Waals surface area contributed by atoms with E-state index < -0.39 is 43.9 Å². The quantitative estimate of drug-likeness (QED) is 0.435. The Morgan fingerprint density at radius 2 is 1.72 bits per heavy atom. The predicted molar refractivity (Wildman–Crippen MR) is 142 cm³/mol. The van der Waals surface area contributed by atoms with Gasteiger partial charge in [-0.25, -0.2) is 26.4 Å². The Morgan fingerprint density at radius 1 is 1.10 bits per heavy atom. The molecule has 1 aliphatic rings. The van der Waals surface area contributed by atoms with Crippen molar-refractivity contribution in [1.82, 2.24) is 14.3 Å². The van der Waals surface area contributed by atoms with Crippen molar-refractivity contribution in [3.63, 3.8) is 0 Å². The highest BCUT2D eigenvalue weighted by atomic mass is 32.2. The van der Waals surface area contributed by atoms with Crippen LogP contribution < -0.4 is 14.9 Å². The average molecular weight is 589 g/mol. The zero-order chi connectivity index (χ0) is 29.0. The number of rotatable bonds is 10. The van der Waals surface area contributed by atoms with Crippen molar-refractivity contribution >= 4 is 31.8 Å². The fraction of sp³-hybridized carbons (Fsp3) is 0.400. The lowest BCUT2D eigenvalue weighted by molar-refractivity contribution is -0.137. The van der Waals surface area contributed by atoms with Crippen LogP contribution in [0.3, 0.4) is 0 Å². The lowest BCUT2D eigenvalue weighted by atomic mass is 10.1. The summed E-state index contributed by atoms with van der Waals surface area (Å²) in [5, 5.41) is 3.50. The lowest BCUT2D eigenvalue weighted by Gasteiger charge is -2.26. The summed E-state index contributed by atoms with van der Waals surface area (Å²) in [4.78, 5) is 14.2. The Kier molecular flexibility index (Phi) is 9.47. The van der Waals surface area contributed by atoms with Crippen molar-refractivity contribution in [2.75, 3.05) is 18.0 Å². The number of nitrogens with zero attached hydrogens (tertiary/aromatic N) is 2. The fourth-order valence-electron chi connectivity index (χ4n) is 4.12. The SMILES string of the molecule is C=CS(=O)(=O)NC[C@H]1CCCN1S(=O)(=O)c1ccc(N(Cc2ccc(C(F)(F)F)cc2)C(=O)NC(C)C)cc1. The number of halogens is 3. The van der Waals surface area contributed by atoms with E-state index in [2.05, 4.69) is 16.6 Å². The van der Waals surface area contributed by atoms with E-state index in [1.54, 1.807) is 13.8 Å². The van der Waals surface area contributed by atoms with E-state index in [9.17, 15) is 34.8 Å². The van der Waals surface area contributed by atoms with E-state index in [4.69, 9.17) is 0 Å². The molecule has 1 saturated heterocycles. The molecule has 39 heavy (non-hydrogen) atoms. The minimum absolute atomic E-state index is 0.0384. The van der Waals surface area contributed by atoms with Crippen molar-refractivity contribution in [2.45, 2.75) is 56.4 Å². The minimum atomic E-state index is -4.49. The first-order valence-corrected chi connectivity index (χ1v) is 15.1. The van der Waals surface area contributed by atoms with E-state index in [0.717, 1.165) is 17.5 Å². The highest BCUT2D eigenvalue weighted by Crippen LogP contribution is 2.30. The van der Waals surface area contributed by atoms with Crippen molar-refractivity contribution in [3.8, 4) is 0 Å². The number of carbonyl (C=O) groups excluding carboxylic acids is 1. The third-order valence-corrected chi connectivity index (χ3v) is 9.07. The van der Waals surface area contributed by atoms with Crippen LogP contribution in [0.1, 0.15) is 37.8 Å². The van der Waals surface area contributed by atoms with Gasteiger partial charge in [0.05, 0.1) is 17.0 Å². The second-order valence-corrected chi connectivity index (χ2v) is 13.0. The molecule has 2 aromatic rings. The van der Waals surface area contributed by atoms with Gasteiger partial charge in [-0.15, -0.1) is 0 Å². The molecule has 1 heterocycles. The van der Waals surface area contributed by atoms with Gasteiger partial charge in [0, 0.05) is 36.3 Å². The van der Waals surface area contributed by atoms with Crippen LogP contribution in [-0.4, -0.2) is 52.3 Å². The van der Waals surface area contributed by atoms with Gasteiger partial charge in [-0.05, 0) is 68.7 Å². The Morgan fingerprint density at radius 3 is 2.26 bits per heavy atom. The molecule has 2 N–H and O–H groups in total. The number of hydrogen-bond acceptors (Lipinski definition) is 5. The summed E-state index contributed by atoms with van der Waals surface area (Å²) < 4.78 is 92.5. The van der Waals surface area contributed by atoms with Crippen molar-refractivity contribution in [3.05, 3.63) is 71.6 Å². The first-order valence-electron chi connectivity index (χ1n) is 12.1. The molecule has 0 bridgehead atoms. The molecule has 1 aliphatic heterocycles. The summed E-state index contributed by atoms with van der Waals surface area (Å²) in [5.74, 6) is 0. The lowest BCUT2D eigenvalue weighted by Crippen LogP contribution is -2.43. The van der Waals surface area contributed by atoms with Crippen LogP contribution in [0.15, 0.2) is 65.4 Å². The number of sulfonamides is 2. The predicted octanol–water partition coefficient (Wildman–Crippen LogP) is 4.05. The number of anilines is 1. The van der Waals surface area contributed by atoms with Crippen LogP contribution in [0.2, 0.25) is 0 Å². The highest BCUT2D eigenvalue weighted by molar-refractivity contribution is 7.92. The summed E-state index contributed by atoms with van der Waals surface area (Å²) in [6.07, 6.45) is -3.44. The van der Waals surface area contributed by atoms with E-state index in [0.29, 0.717) is 24.1 Å². The van der Waals surface area contributed by atoms with Gasteiger partial charge in [0.1, 0.15) is 0 Å². The average Bonchev–Trinajstić information content (AvgIpc) is 3.35. The molecule has 2 aromatic carbocycles. The third kappa shape index (κ3) is 7.81. The number of urea groups is 1. The van der Waals surface area contributed by atoms with Gasteiger partial charge in [0.15, 0.2) is 0 Å². The molecule has 0 radical (unpaired) electrons. The number of alkyl halides is 3. The first-order chi connectivity index (χ1) is 18.1. The molecule has 2 amide bonds. The summed E-state index contributed by atoms with van der Waals surface area (Å²) in [6, 6.07) is 8.72. The molecule has 0 unspecified atom stereocenters.